The summed E-state index contributed by atoms with van der Waals surface area (Å²) in [6, 6.07) is 6.45. The summed E-state index contributed by atoms with van der Waals surface area (Å²) in [5.74, 6) is 1.15. The first kappa shape index (κ1) is 13.7. The maximum absolute atomic E-state index is 13.1. The number of halogens is 1. The van der Waals surface area contributed by atoms with Crippen LogP contribution in [0.25, 0.3) is 11.4 Å². The Hall–Kier alpha value is -1.75. The molecule has 1 unspecified atom stereocenters. The average Bonchev–Trinajstić information content (AvgIpc) is 2.84. The summed E-state index contributed by atoms with van der Waals surface area (Å²) in [7, 11) is 1.91. The van der Waals surface area contributed by atoms with Gasteiger partial charge in [0.2, 0.25) is 11.7 Å². The fourth-order valence-corrected chi connectivity index (χ4v) is 1.94. The van der Waals surface area contributed by atoms with E-state index in [2.05, 4.69) is 29.3 Å². The third kappa shape index (κ3) is 3.38. The van der Waals surface area contributed by atoms with Crippen LogP contribution in [-0.2, 0) is 6.42 Å². The van der Waals surface area contributed by atoms with Crippen LogP contribution in [0.3, 0.4) is 0 Å². The van der Waals surface area contributed by atoms with Crippen molar-refractivity contribution >= 4 is 0 Å². The predicted molar refractivity (Wildman–Crippen MR) is 71.1 cm³/mol. The lowest BCUT2D eigenvalue weighted by molar-refractivity contribution is 0.335. The van der Waals surface area contributed by atoms with Gasteiger partial charge >= 0.3 is 0 Å². The SMILES string of the molecule is CNC(Cc1nc(-c2cccc(F)c2)no1)C(C)C. The Morgan fingerprint density at radius 1 is 1.37 bits per heavy atom. The molecule has 1 aromatic heterocycles. The zero-order valence-corrected chi connectivity index (χ0v) is 11.4. The molecule has 5 heteroatoms. The van der Waals surface area contributed by atoms with Gasteiger partial charge in [0.1, 0.15) is 5.82 Å². The molecule has 1 atom stereocenters. The first-order chi connectivity index (χ1) is 9.10. The van der Waals surface area contributed by atoms with Gasteiger partial charge in [-0.1, -0.05) is 31.1 Å². The second-order valence-corrected chi connectivity index (χ2v) is 4.87. The number of nitrogens with zero attached hydrogens (tertiary/aromatic N) is 2. The molecule has 1 heterocycles. The van der Waals surface area contributed by atoms with Crippen LogP contribution in [0.15, 0.2) is 28.8 Å². The topological polar surface area (TPSA) is 51.0 Å². The Morgan fingerprint density at radius 3 is 2.79 bits per heavy atom. The van der Waals surface area contributed by atoms with Crippen LogP contribution in [0.2, 0.25) is 0 Å². The lowest BCUT2D eigenvalue weighted by Gasteiger charge is -2.17. The van der Waals surface area contributed by atoms with Gasteiger partial charge in [-0.25, -0.2) is 4.39 Å². The van der Waals surface area contributed by atoms with E-state index in [0.29, 0.717) is 29.6 Å². The number of likely N-dealkylation sites (N-methyl/N-ethyl adjacent to an activating group) is 1. The summed E-state index contributed by atoms with van der Waals surface area (Å²) >= 11 is 0. The monoisotopic (exact) mass is 263 g/mol. The average molecular weight is 263 g/mol. The van der Waals surface area contributed by atoms with E-state index >= 15 is 0 Å². The lowest BCUT2D eigenvalue weighted by Crippen LogP contribution is -2.32. The Bertz CT molecular complexity index is 539. The van der Waals surface area contributed by atoms with Crippen LogP contribution < -0.4 is 5.32 Å². The van der Waals surface area contributed by atoms with Crippen molar-refractivity contribution in [1.29, 1.82) is 0 Å². The summed E-state index contributed by atoms with van der Waals surface area (Å²) in [5, 5.41) is 7.11. The van der Waals surface area contributed by atoms with Crippen molar-refractivity contribution in [2.45, 2.75) is 26.3 Å². The van der Waals surface area contributed by atoms with E-state index in [1.165, 1.54) is 12.1 Å². The molecule has 1 aromatic carbocycles. The smallest absolute Gasteiger partial charge is 0.228 e. The van der Waals surface area contributed by atoms with Crippen molar-refractivity contribution in [1.82, 2.24) is 15.5 Å². The van der Waals surface area contributed by atoms with E-state index in [1.807, 2.05) is 7.05 Å². The van der Waals surface area contributed by atoms with E-state index in [9.17, 15) is 4.39 Å². The van der Waals surface area contributed by atoms with E-state index < -0.39 is 0 Å². The van der Waals surface area contributed by atoms with Crippen LogP contribution in [0, 0.1) is 11.7 Å². The van der Waals surface area contributed by atoms with E-state index in [4.69, 9.17) is 4.52 Å². The van der Waals surface area contributed by atoms with E-state index in [1.54, 1.807) is 12.1 Å². The molecule has 0 aliphatic rings. The second-order valence-electron chi connectivity index (χ2n) is 4.87. The number of rotatable bonds is 5. The van der Waals surface area contributed by atoms with Gasteiger partial charge in [0.05, 0.1) is 0 Å². The summed E-state index contributed by atoms with van der Waals surface area (Å²) in [4.78, 5) is 4.31. The van der Waals surface area contributed by atoms with Gasteiger partial charge in [-0.2, -0.15) is 4.98 Å². The first-order valence-corrected chi connectivity index (χ1v) is 6.36. The van der Waals surface area contributed by atoms with Crippen LogP contribution in [0.4, 0.5) is 4.39 Å². The molecule has 2 aromatic rings. The maximum Gasteiger partial charge on any atom is 0.228 e. The van der Waals surface area contributed by atoms with Gasteiger partial charge in [0.15, 0.2) is 0 Å². The number of nitrogens with one attached hydrogen (secondary N) is 1. The first-order valence-electron chi connectivity index (χ1n) is 6.36. The third-order valence-corrected chi connectivity index (χ3v) is 3.12. The Kier molecular flexibility index (Phi) is 4.27. The molecule has 0 fully saturated rings. The maximum atomic E-state index is 13.1. The molecule has 0 saturated heterocycles. The number of hydrogen-bond donors (Lipinski definition) is 1. The minimum Gasteiger partial charge on any atom is -0.339 e. The predicted octanol–water partition coefficient (Wildman–Crippen LogP) is 2.66. The molecule has 102 valence electrons. The molecule has 2 rings (SSSR count). The summed E-state index contributed by atoms with van der Waals surface area (Å²) < 4.78 is 18.4. The Labute approximate surface area is 112 Å². The standard InChI is InChI=1S/C14H18FN3O/c1-9(2)12(16-3)8-13-17-14(18-19-13)10-5-4-6-11(15)7-10/h4-7,9,12,16H,8H2,1-3H3. The van der Waals surface area contributed by atoms with E-state index in [0.717, 1.165) is 0 Å². The van der Waals surface area contributed by atoms with Crippen molar-refractivity contribution in [3.8, 4) is 11.4 Å². The summed E-state index contributed by atoms with van der Waals surface area (Å²) in [6.07, 6.45) is 0.663. The van der Waals surface area contributed by atoms with Gasteiger partial charge in [-0.3, -0.25) is 0 Å². The highest BCUT2D eigenvalue weighted by Gasteiger charge is 2.16. The highest BCUT2D eigenvalue weighted by Crippen LogP contribution is 2.18. The second kappa shape index (κ2) is 5.93. The molecule has 0 saturated carbocycles. The van der Waals surface area contributed by atoms with Crippen molar-refractivity contribution in [2.75, 3.05) is 7.05 Å². The van der Waals surface area contributed by atoms with Gasteiger partial charge in [-0.15, -0.1) is 0 Å². The molecule has 4 nitrogen and oxygen atoms in total. The van der Waals surface area contributed by atoms with Crippen molar-refractivity contribution in [3.63, 3.8) is 0 Å². The minimum absolute atomic E-state index is 0.279. The molecular weight excluding hydrogens is 245 g/mol. The fourth-order valence-electron chi connectivity index (χ4n) is 1.94. The number of hydrogen-bond acceptors (Lipinski definition) is 4. The van der Waals surface area contributed by atoms with Crippen LogP contribution in [-0.4, -0.2) is 23.2 Å². The van der Waals surface area contributed by atoms with Gasteiger partial charge < -0.3 is 9.84 Å². The highest BCUT2D eigenvalue weighted by molar-refractivity contribution is 5.53. The molecule has 0 aliphatic carbocycles. The van der Waals surface area contributed by atoms with Crippen molar-refractivity contribution in [3.05, 3.63) is 36.0 Å². The summed E-state index contributed by atoms with van der Waals surface area (Å²) in [5.41, 5.74) is 0.626. The van der Waals surface area contributed by atoms with Crippen molar-refractivity contribution in [2.24, 2.45) is 5.92 Å². The molecular formula is C14H18FN3O. The number of aromatic nitrogens is 2. The molecule has 1 N–H and O–H groups in total. The Balaban J connectivity index is 2.15. The molecule has 0 aliphatic heterocycles. The highest BCUT2D eigenvalue weighted by atomic mass is 19.1. The molecule has 0 bridgehead atoms. The normalized spacial score (nSPS) is 12.9. The molecule has 0 amide bonds. The van der Waals surface area contributed by atoms with E-state index in [-0.39, 0.29) is 11.9 Å². The lowest BCUT2D eigenvalue weighted by atomic mass is 10.0. The summed E-state index contributed by atoms with van der Waals surface area (Å²) in [6.45, 7) is 4.26. The third-order valence-electron chi connectivity index (χ3n) is 3.12. The van der Waals surface area contributed by atoms with Crippen LogP contribution in [0.1, 0.15) is 19.7 Å². The van der Waals surface area contributed by atoms with Gasteiger partial charge in [-0.05, 0) is 25.1 Å². The quantitative estimate of drug-likeness (QED) is 0.901. The Morgan fingerprint density at radius 2 is 2.16 bits per heavy atom. The molecule has 19 heavy (non-hydrogen) atoms. The zero-order valence-electron chi connectivity index (χ0n) is 11.4. The largest absolute Gasteiger partial charge is 0.339 e. The molecule has 0 radical (unpaired) electrons. The van der Waals surface area contributed by atoms with Crippen LogP contribution in [0.5, 0.6) is 0 Å². The van der Waals surface area contributed by atoms with Gasteiger partial charge in [0.25, 0.3) is 0 Å². The van der Waals surface area contributed by atoms with Crippen molar-refractivity contribution < 1.29 is 8.91 Å². The molecule has 0 spiro atoms. The fraction of sp³-hybridized carbons (Fsp3) is 0.429. The number of benzene rings is 1. The minimum atomic E-state index is -0.306. The van der Waals surface area contributed by atoms with Gasteiger partial charge in [0, 0.05) is 18.0 Å². The van der Waals surface area contributed by atoms with Crippen LogP contribution >= 0.6 is 0 Å². The zero-order chi connectivity index (χ0) is 13.8.